The van der Waals surface area contributed by atoms with Crippen molar-refractivity contribution in [3.05, 3.63) is 17.3 Å². The van der Waals surface area contributed by atoms with Crippen LogP contribution in [0.4, 0.5) is 0 Å². The third-order valence-corrected chi connectivity index (χ3v) is 1.79. The van der Waals surface area contributed by atoms with Gasteiger partial charge in [0.1, 0.15) is 0 Å². The molecule has 0 aliphatic carbocycles. The van der Waals surface area contributed by atoms with Gasteiger partial charge in [-0.05, 0) is 20.8 Å². The van der Waals surface area contributed by atoms with Crippen LogP contribution in [0.1, 0.15) is 32.3 Å². The third-order valence-electron chi connectivity index (χ3n) is 1.79. The Morgan fingerprint density at radius 1 is 1.40 bits per heavy atom. The van der Waals surface area contributed by atoms with Crippen LogP contribution >= 0.6 is 0 Å². The Bertz CT molecular complexity index is 404. The number of carbonyl (C=O) groups excluding carboxylic acids is 1. The quantitative estimate of drug-likeness (QED) is 0.550. The minimum Gasteiger partial charge on any atom is -0.455 e. The van der Waals surface area contributed by atoms with Gasteiger partial charge in [-0.3, -0.25) is 13.6 Å². The van der Waals surface area contributed by atoms with Gasteiger partial charge in [-0.15, -0.1) is 0 Å². The van der Waals surface area contributed by atoms with E-state index in [1.54, 1.807) is 27.7 Å². The molecule has 0 aliphatic rings. The molecule has 5 nitrogen and oxygen atoms in total. The molecule has 0 radical (unpaired) electrons. The molecule has 15 heavy (non-hydrogen) atoms. The Balaban J connectivity index is 2.62. The van der Waals surface area contributed by atoms with Crippen molar-refractivity contribution < 1.29 is 23.2 Å². The minimum atomic E-state index is -0.556. The molecule has 1 N–H and O–H groups in total. The average Bonchev–Trinajstić information content (AvgIpc) is 2.39. The van der Waals surface area contributed by atoms with E-state index in [4.69, 9.17) is 18.4 Å². The van der Waals surface area contributed by atoms with Gasteiger partial charge in [-0.2, -0.15) is 0 Å². The number of carbonyl (C=O) groups is 1. The number of hydrogen-bond acceptors (Lipinski definition) is 4. The van der Waals surface area contributed by atoms with Crippen molar-refractivity contribution in [1.82, 2.24) is 0 Å². The predicted molar refractivity (Wildman–Crippen MR) is 50.0 cm³/mol. The zero-order valence-corrected chi connectivity index (χ0v) is 9.29. The molecule has 0 unspecified atom stereocenters. The summed E-state index contributed by atoms with van der Waals surface area (Å²) in [5, 5.41) is 0. The van der Waals surface area contributed by atoms with Gasteiger partial charge < -0.3 is 9.53 Å². The zero-order valence-electron chi connectivity index (χ0n) is 9.29. The van der Waals surface area contributed by atoms with Crippen molar-refractivity contribution in [2.45, 2.75) is 34.3 Å². The van der Waals surface area contributed by atoms with Crippen LogP contribution in [0.5, 0.6) is 0 Å². The maximum absolute atomic E-state index is 11.4. The van der Waals surface area contributed by atoms with Gasteiger partial charge in [0.15, 0.2) is 6.61 Å². The fraction of sp³-hybridized carbons (Fsp3) is 0.600. The van der Waals surface area contributed by atoms with E-state index in [-0.39, 0.29) is 12.6 Å². The smallest absolute Gasteiger partial charge is 0.455 e. The van der Waals surface area contributed by atoms with Gasteiger partial charge in [-0.1, -0.05) is 0 Å². The van der Waals surface area contributed by atoms with Gasteiger partial charge in [0, 0.05) is 6.92 Å². The van der Waals surface area contributed by atoms with Crippen LogP contribution < -0.4 is 5.82 Å². The second-order valence-electron chi connectivity index (χ2n) is 4.28. The molecule has 0 aromatic carbocycles. The number of hydrogen-bond donors (Lipinski definition) is 0. The molecule has 0 spiro atoms. The molecule has 1 rings (SSSR count). The van der Waals surface area contributed by atoms with Gasteiger partial charge in [0.25, 0.3) is 11.5 Å². The zero-order chi connectivity index (χ0) is 11.6. The summed E-state index contributed by atoms with van der Waals surface area (Å²) < 4.78 is 14.5. The minimum absolute atomic E-state index is 0.0357. The first-order chi connectivity index (χ1) is 6.80. The number of aryl methyl sites for hydroxylation is 1. The Hall–Kier alpha value is -1.52. The summed E-state index contributed by atoms with van der Waals surface area (Å²) in [6, 6.07) is 0. The van der Waals surface area contributed by atoms with E-state index in [0.717, 1.165) is 0 Å². The summed E-state index contributed by atoms with van der Waals surface area (Å²) in [5.74, 6) is -0.161. The van der Waals surface area contributed by atoms with Gasteiger partial charge in [-0.25, -0.2) is 0 Å². The third kappa shape index (κ3) is 2.97. The lowest BCUT2D eigenvalue weighted by Gasteiger charge is -2.15. The molecule has 0 fully saturated rings. The van der Waals surface area contributed by atoms with Crippen LogP contribution in [-0.2, 0) is 16.1 Å². The lowest BCUT2D eigenvalue weighted by molar-refractivity contribution is -0.154. The van der Waals surface area contributed by atoms with E-state index in [2.05, 4.69) is 0 Å². The highest BCUT2D eigenvalue weighted by molar-refractivity contribution is 5.75. The Morgan fingerprint density at radius 3 is 2.40 bits per heavy atom. The maximum atomic E-state index is 11.4. The molecular formula is C10H15O5+. The summed E-state index contributed by atoms with van der Waals surface area (Å²) in [7, 11) is 0. The molecular weight excluding hydrogens is 200 g/mol. The Kier molecular flexibility index (Phi) is 3.02. The van der Waals surface area contributed by atoms with E-state index in [1.165, 1.54) is 0 Å². The second kappa shape index (κ2) is 3.92. The molecule has 0 amide bonds. The molecule has 0 saturated carbocycles. The number of ether oxygens (including phenoxy) is 1. The second-order valence-corrected chi connectivity index (χ2v) is 4.28. The largest absolute Gasteiger partial charge is 0.724 e. The van der Waals surface area contributed by atoms with E-state index in [0.29, 0.717) is 11.5 Å². The molecule has 0 aliphatic heterocycles. The summed E-state index contributed by atoms with van der Waals surface area (Å²) in [6.07, 6.45) is 0. The standard InChI is InChI=1S/C10H14O5/c1-6-7(15-9(12)14-6)5-13-8(11)10(2,3)4/h5H2,1-4H3/p+1. The first-order valence-electron chi connectivity index (χ1n) is 4.59. The van der Waals surface area contributed by atoms with Crippen LogP contribution in [0.25, 0.3) is 0 Å². The van der Waals surface area contributed by atoms with Crippen LogP contribution in [0.3, 0.4) is 0 Å². The fourth-order valence-corrected chi connectivity index (χ4v) is 0.865. The van der Waals surface area contributed by atoms with Gasteiger partial charge in [0.05, 0.1) is 5.41 Å². The SMILES string of the molecule is Cc1oc(=[OH+])oc1COC(=O)C(C)(C)C. The van der Waals surface area contributed by atoms with Crippen molar-refractivity contribution in [3.63, 3.8) is 0 Å². The molecule has 1 aromatic heterocycles. The lowest BCUT2D eigenvalue weighted by atomic mass is 9.97. The van der Waals surface area contributed by atoms with E-state index in [9.17, 15) is 4.79 Å². The molecule has 5 heteroatoms. The predicted octanol–water partition coefficient (Wildman–Crippen LogP) is 1.27. The highest BCUT2D eigenvalue weighted by atomic mass is 16.6. The van der Waals surface area contributed by atoms with E-state index in [1.807, 2.05) is 0 Å². The van der Waals surface area contributed by atoms with Gasteiger partial charge in [0.2, 0.25) is 0 Å². The molecule has 1 aromatic rings. The van der Waals surface area contributed by atoms with Crippen molar-refractivity contribution in [2.24, 2.45) is 5.41 Å². The first-order valence-corrected chi connectivity index (χ1v) is 4.59. The summed E-state index contributed by atoms with van der Waals surface area (Å²) >= 11 is 0. The maximum Gasteiger partial charge on any atom is 0.724 e. The molecule has 84 valence electrons. The Morgan fingerprint density at radius 2 is 2.00 bits per heavy atom. The van der Waals surface area contributed by atoms with Crippen molar-refractivity contribution in [2.75, 3.05) is 0 Å². The summed E-state index contributed by atoms with van der Waals surface area (Å²) in [4.78, 5) is 20.3. The Labute approximate surface area is 87.0 Å². The molecule has 0 bridgehead atoms. The van der Waals surface area contributed by atoms with Crippen LogP contribution in [0.2, 0.25) is 0 Å². The van der Waals surface area contributed by atoms with E-state index >= 15 is 0 Å². The lowest BCUT2D eigenvalue weighted by Crippen LogP contribution is -2.22. The molecule has 0 atom stereocenters. The topological polar surface area (TPSA) is 74.0 Å². The fourth-order valence-electron chi connectivity index (χ4n) is 0.865. The van der Waals surface area contributed by atoms with Gasteiger partial charge >= 0.3 is 11.8 Å². The summed E-state index contributed by atoms with van der Waals surface area (Å²) in [6.45, 7) is 6.85. The van der Waals surface area contributed by atoms with Crippen LogP contribution in [0, 0.1) is 12.3 Å². The molecule has 1 heterocycles. The summed E-state index contributed by atoms with van der Waals surface area (Å²) in [5.41, 5.74) is -0.556. The highest BCUT2D eigenvalue weighted by Gasteiger charge is 2.25. The van der Waals surface area contributed by atoms with Crippen LogP contribution in [0.15, 0.2) is 8.83 Å². The average molecular weight is 215 g/mol. The monoisotopic (exact) mass is 215 g/mol. The highest BCUT2D eigenvalue weighted by Crippen LogP contribution is 2.17. The van der Waals surface area contributed by atoms with E-state index < -0.39 is 11.2 Å². The molecule has 0 saturated heterocycles. The normalized spacial score (nSPS) is 11.5. The van der Waals surface area contributed by atoms with Crippen molar-refractivity contribution in [3.8, 4) is 0 Å². The van der Waals surface area contributed by atoms with Crippen LogP contribution in [-0.4, -0.2) is 10.8 Å². The van der Waals surface area contributed by atoms with Crippen molar-refractivity contribution in [1.29, 1.82) is 0 Å². The number of esters is 1. The first kappa shape index (κ1) is 11.6. The van der Waals surface area contributed by atoms with Crippen molar-refractivity contribution >= 4 is 5.97 Å². The number of rotatable bonds is 2.